The number of hydrogen-bond acceptors (Lipinski definition) is 4. The topological polar surface area (TPSA) is 50.7 Å². The number of methoxy groups -OCH3 is 1. The van der Waals surface area contributed by atoms with Crippen molar-refractivity contribution < 1.29 is 14.6 Å². The number of rotatable bonds is 4. The molecule has 1 aliphatic heterocycles. The first kappa shape index (κ1) is 12.2. The quantitative estimate of drug-likeness (QED) is 0.836. The van der Waals surface area contributed by atoms with Crippen LogP contribution < -0.4 is 10.1 Å². The van der Waals surface area contributed by atoms with Crippen LogP contribution in [0.25, 0.3) is 0 Å². The van der Waals surface area contributed by atoms with Gasteiger partial charge in [-0.2, -0.15) is 0 Å². The minimum Gasteiger partial charge on any atom is -0.497 e. The zero-order chi connectivity index (χ0) is 12.3. The summed E-state index contributed by atoms with van der Waals surface area (Å²) in [5, 5.41) is 13.0. The summed E-state index contributed by atoms with van der Waals surface area (Å²) in [7, 11) is 1.64. The maximum atomic E-state index is 9.60. The Labute approximate surface area is 102 Å². The molecule has 1 aromatic rings. The average Bonchev–Trinajstić information content (AvgIpc) is 2.71. The highest BCUT2D eigenvalue weighted by molar-refractivity contribution is 5.50. The molecule has 0 aliphatic carbocycles. The van der Waals surface area contributed by atoms with Gasteiger partial charge in [0.2, 0.25) is 0 Å². The van der Waals surface area contributed by atoms with E-state index in [1.165, 1.54) is 0 Å². The van der Waals surface area contributed by atoms with Crippen LogP contribution in [0.15, 0.2) is 24.3 Å². The highest BCUT2D eigenvalue weighted by atomic mass is 16.5. The fourth-order valence-electron chi connectivity index (χ4n) is 2.18. The molecule has 0 saturated carbocycles. The van der Waals surface area contributed by atoms with Crippen molar-refractivity contribution >= 4 is 5.69 Å². The van der Waals surface area contributed by atoms with Crippen LogP contribution in [-0.4, -0.2) is 37.1 Å². The van der Waals surface area contributed by atoms with E-state index in [1.54, 1.807) is 7.11 Å². The molecule has 1 aliphatic rings. The van der Waals surface area contributed by atoms with E-state index in [9.17, 15) is 5.11 Å². The van der Waals surface area contributed by atoms with Gasteiger partial charge in [-0.15, -0.1) is 0 Å². The van der Waals surface area contributed by atoms with Gasteiger partial charge >= 0.3 is 0 Å². The van der Waals surface area contributed by atoms with E-state index in [-0.39, 0.29) is 18.2 Å². The third-order valence-corrected chi connectivity index (χ3v) is 3.44. The Balaban J connectivity index is 2.18. The first-order chi connectivity index (χ1) is 8.20. The van der Waals surface area contributed by atoms with Crippen LogP contribution in [0.1, 0.15) is 13.3 Å². The standard InChI is InChI=1S/C13H19NO3/c1-10-13(9-15,6-7-17-10)14-11-4-3-5-12(8-11)16-2/h3-5,8,10,14-15H,6-7,9H2,1-2H3. The Hall–Kier alpha value is -1.26. The highest BCUT2D eigenvalue weighted by Gasteiger charge is 2.41. The fraction of sp³-hybridized carbons (Fsp3) is 0.538. The number of anilines is 1. The molecule has 2 unspecified atom stereocenters. The van der Waals surface area contributed by atoms with Gasteiger partial charge < -0.3 is 19.9 Å². The second-order valence-electron chi connectivity index (χ2n) is 4.43. The van der Waals surface area contributed by atoms with Crippen LogP contribution in [0.5, 0.6) is 5.75 Å². The molecule has 4 heteroatoms. The number of aliphatic hydroxyl groups excluding tert-OH is 1. The summed E-state index contributed by atoms with van der Waals surface area (Å²) in [5.74, 6) is 0.801. The molecule has 1 fully saturated rings. The lowest BCUT2D eigenvalue weighted by molar-refractivity contribution is 0.0792. The van der Waals surface area contributed by atoms with Crippen molar-refractivity contribution in [1.29, 1.82) is 0 Å². The van der Waals surface area contributed by atoms with Crippen LogP contribution in [0, 0.1) is 0 Å². The van der Waals surface area contributed by atoms with E-state index >= 15 is 0 Å². The molecule has 2 atom stereocenters. The van der Waals surface area contributed by atoms with Gasteiger partial charge in [0.05, 0.1) is 25.4 Å². The van der Waals surface area contributed by atoms with Gasteiger partial charge in [0.25, 0.3) is 0 Å². The van der Waals surface area contributed by atoms with Crippen LogP contribution >= 0.6 is 0 Å². The molecule has 94 valence electrons. The molecular formula is C13H19NO3. The van der Waals surface area contributed by atoms with E-state index in [0.29, 0.717) is 6.61 Å². The van der Waals surface area contributed by atoms with Gasteiger partial charge in [-0.1, -0.05) is 6.07 Å². The van der Waals surface area contributed by atoms with E-state index in [1.807, 2.05) is 31.2 Å². The van der Waals surface area contributed by atoms with Crippen molar-refractivity contribution in [1.82, 2.24) is 0 Å². The van der Waals surface area contributed by atoms with E-state index in [2.05, 4.69) is 5.32 Å². The predicted octanol–water partition coefficient (Wildman–Crippen LogP) is 1.65. The molecule has 0 spiro atoms. The molecule has 0 amide bonds. The molecule has 2 rings (SSSR count). The predicted molar refractivity (Wildman–Crippen MR) is 66.5 cm³/mol. The largest absolute Gasteiger partial charge is 0.497 e. The van der Waals surface area contributed by atoms with Crippen LogP contribution in [0.2, 0.25) is 0 Å². The summed E-state index contributed by atoms with van der Waals surface area (Å²) in [4.78, 5) is 0. The van der Waals surface area contributed by atoms with E-state index in [4.69, 9.17) is 9.47 Å². The molecule has 4 nitrogen and oxygen atoms in total. The summed E-state index contributed by atoms with van der Waals surface area (Å²) in [6.07, 6.45) is 0.806. The van der Waals surface area contributed by atoms with Crippen molar-refractivity contribution in [3.8, 4) is 5.75 Å². The number of hydrogen-bond donors (Lipinski definition) is 2. The van der Waals surface area contributed by atoms with Crippen LogP contribution in [-0.2, 0) is 4.74 Å². The molecule has 2 N–H and O–H groups in total. The van der Waals surface area contributed by atoms with E-state index in [0.717, 1.165) is 17.9 Å². The third kappa shape index (κ3) is 2.37. The Morgan fingerprint density at radius 2 is 2.41 bits per heavy atom. The lowest BCUT2D eigenvalue weighted by atomic mass is 9.92. The van der Waals surface area contributed by atoms with E-state index < -0.39 is 0 Å². The number of ether oxygens (including phenoxy) is 2. The van der Waals surface area contributed by atoms with Gasteiger partial charge in [-0.05, 0) is 25.5 Å². The first-order valence-corrected chi connectivity index (χ1v) is 5.85. The lowest BCUT2D eigenvalue weighted by Gasteiger charge is -2.32. The van der Waals surface area contributed by atoms with Gasteiger partial charge in [0.15, 0.2) is 0 Å². The van der Waals surface area contributed by atoms with Crippen LogP contribution in [0.3, 0.4) is 0 Å². The molecule has 0 radical (unpaired) electrons. The minimum atomic E-state index is -0.383. The van der Waals surface area contributed by atoms with Gasteiger partial charge in [-0.25, -0.2) is 0 Å². The van der Waals surface area contributed by atoms with Crippen molar-refractivity contribution in [2.75, 3.05) is 25.6 Å². The maximum Gasteiger partial charge on any atom is 0.120 e. The summed E-state index contributed by atoms with van der Waals surface area (Å²) < 4.78 is 10.7. The monoisotopic (exact) mass is 237 g/mol. The second kappa shape index (κ2) is 4.94. The molecular weight excluding hydrogens is 218 g/mol. The molecule has 1 saturated heterocycles. The molecule has 1 aromatic carbocycles. The molecule has 1 heterocycles. The Bertz CT molecular complexity index is 383. The summed E-state index contributed by atoms with van der Waals surface area (Å²) in [6, 6.07) is 7.70. The Kier molecular flexibility index (Phi) is 3.54. The van der Waals surface area contributed by atoms with Crippen molar-refractivity contribution in [2.24, 2.45) is 0 Å². The van der Waals surface area contributed by atoms with Crippen molar-refractivity contribution in [3.05, 3.63) is 24.3 Å². The highest BCUT2D eigenvalue weighted by Crippen LogP contribution is 2.30. The molecule has 0 aromatic heterocycles. The fourth-order valence-corrected chi connectivity index (χ4v) is 2.18. The SMILES string of the molecule is COc1cccc(NC2(CO)CCOC2C)c1. The van der Waals surface area contributed by atoms with Crippen molar-refractivity contribution in [3.63, 3.8) is 0 Å². The zero-order valence-corrected chi connectivity index (χ0v) is 10.3. The van der Waals surface area contributed by atoms with Crippen LogP contribution in [0.4, 0.5) is 5.69 Å². The first-order valence-electron chi connectivity index (χ1n) is 5.85. The summed E-state index contributed by atoms with van der Waals surface area (Å²) in [5.41, 5.74) is 0.558. The normalized spacial score (nSPS) is 28.1. The molecule has 0 bridgehead atoms. The van der Waals surface area contributed by atoms with Gasteiger partial charge in [-0.3, -0.25) is 0 Å². The minimum absolute atomic E-state index is 0.00120. The average molecular weight is 237 g/mol. The Morgan fingerprint density at radius 3 is 3.00 bits per heavy atom. The number of benzene rings is 1. The molecule has 17 heavy (non-hydrogen) atoms. The summed E-state index contributed by atoms with van der Waals surface area (Å²) >= 11 is 0. The zero-order valence-electron chi connectivity index (χ0n) is 10.3. The van der Waals surface area contributed by atoms with Gasteiger partial charge in [0, 0.05) is 18.4 Å². The number of aliphatic hydroxyl groups is 1. The summed E-state index contributed by atoms with van der Waals surface area (Å²) in [6.45, 7) is 2.72. The smallest absolute Gasteiger partial charge is 0.120 e. The maximum absolute atomic E-state index is 9.60. The number of nitrogens with one attached hydrogen (secondary N) is 1. The lowest BCUT2D eigenvalue weighted by Crippen LogP contribution is -2.47. The van der Waals surface area contributed by atoms with Gasteiger partial charge in [0.1, 0.15) is 5.75 Å². The Morgan fingerprint density at radius 1 is 1.59 bits per heavy atom. The second-order valence-corrected chi connectivity index (χ2v) is 4.43. The van der Waals surface area contributed by atoms with Crippen molar-refractivity contribution in [2.45, 2.75) is 25.0 Å². The third-order valence-electron chi connectivity index (χ3n) is 3.44.